The Labute approximate surface area is 196 Å². The van der Waals surface area contributed by atoms with Gasteiger partial charge >= 0.3 is 0 Å². The largest absolute Gasteiger partial charge is 0.341 e. The summed E-state index contributed by atoms with van der Waals surface area (Å²) in [6.45, 7) is 9.26. The van der Waals surface area contributed by atoms with Crippen molar-refractivity contribution in [1.29, 1.82) is 15.8 Å². The lowest BCUT2D eigenvalue weighted by Gasteiger charge is -2.32. The van der Waals surface area contributed by atoms with Gasteiger partial charge < -0.3 is 4.90 Å². The summed E-state index contributed by atoms with van der Waals surface area (Å²) in [4.78, 5) is 2.21. The fourth-order valence-electron chi connectivity index (χ4n) is 3.82. The van der Waals surface area contributed by atoms with E-state index in [1.54, 1.807) is 0 Å². The van der Waals surface area contributed by atoms with Crippen LogP contribution in [0.3, 0.4) is 0 Å². The molecule has 0 unspecified atom stereocenters. The van der Waals surface area contributed by atoms with E-state index in [0.717, 1.165) is 23.5 Å². The van der Waals surface area contributed by atoms with Crippen molar-refractivity contribution in [2.75, 3.05) is 11.4 Å². The molecule has 162 valence electrons. The highest BCUT2D eigenvalue weighted by atomic mass is 15.1. The van der Waals surface area contributed by atoms with Crippen LogP contribution >= 0.6 is 0 Å². The van der Waals surface area contributed by atoms with Gasteiger partial charge in [0.15, 0.2) is 0 Å². The zero-order valence-electron chi connectivity index (χ0n) is 19.4. The van der Waals surface area contributed by atoms with Gasteiger partial charge in [-0.3, -0.25) is 0 Å². The van der Waals surface area contributed by atoms with E-state index < -0.39 is 0 Å². The Hall–Kier alpha value is -4.33. The fourth-order valence-corrected chi connectivity index (χ4v) is 3.82. The van der Waals surface area contributed by atoms with Crippen LogP contribution in [0.2, 0.25) is 0 Å². The van der Waals surface area contributed by atoms with E-state index in [0.29, 0.717) is 22.3 Å². The molecule has 0 saturated carbocycles. The summed E-state index contributed by atoms with van der Waals surface area (Å²) >= 11 is 0. The second-order valence-electron chi connectivity index (χ2n) is 8.77. The Morgan fingerprint density at radius 3 is 2.12 bits per heavy atom. The van der Waals surface area contributed by atoms with Crippen molar-refractivity contribution in [3.8, 4) is 18.2 Å². The van der Waals surface area contributed by atoms with Crippen molar-refractivity contribution in [2.45, 2.75) is 27.7 Å². The zero-order chi connectivity index (χ0) is 24.0. The molecule has 1 aliphatic heterocycles. The van der Waals surface area contributed by atoms with Crippen molar-refractivity contribution in [1.82, 2.24) is 0 Å². The molecule has 1 aliphatic rings. The predicted octanol–water partition coefficient (Wildman–Crippen LogP) is 6.79. The van der Waals surface area contributed by atoms with Crippen LogP contribution in [0.1, 0.15) is 38.8 Å². The first kappa shape index (κ1) is 23.3. The number of hydrogen-bond acceptors (Lipinski definition) is 4. The molecule has 0 bridgehead atoms. The third kappa shape index (κ3) is 4.95. The third-order valence-corrected chi connectivity index (χ3v) is 5.33. The first-order valence-corrected chi connectivity index (χ1v) is 10.9. The highest BCUT2D eigenvalue weighted by molar-refractivity contribution is 6.02. The van der Waals surface area contributed by atoms with Crippen molar-refractivity contribution in [3.63, 3.8) is 0 Å². The molecule has 1 heterocycles. The number of hydrogen-bond donors (Lipinski definition) is 0. The summed E-state index contributed by atoms with van der Waals surface area (Å²) in [5, 5.41) is 29.7. The van der Waals surface area contributed by atoms with Gasteiger partial charge in [-0.1, -0.05) is 75.4 Å². The molecular weight excluding hydrogens is 404 g/mol. The van der Waals surface area contributed by atoms with Crippen LogP contribution in [0.25, 0.3) is 11.1 Å². The Bertz CT molecular complexity index is 1280. The Balaban J connectivity index is 2.42. The molecule has 0 aliphatic carbocycles. The van der Waals surface area contributed by atoms with E-state index >= 15 is 0 Å². The minimum Gasteiger partial charge on any atom is -0.341 e. The molecule has 3 rings (SSSR count). The molecule has 4 nitrogen and oxygen atoms in total. The second-order valence-corrected chi connectivity index (χ2v) is 8.77. The summed E-state index contributed by atoms with van der Waals surface area (Å²) in [5.41, 5.74) is 4.77. The molecule has 0 saturated heterocycles. The van der Waals surface area contributed by atoms with E-state index in [-0.39, 0.29) is 11.0 Å². The Morgan fingerprint density at radius 2 is 1.55 bits per heavy atom. The van der Waals surface area contributed by atoms with Gasteiger partial charge in [0.2, 0.25) is 0 Å². The zero-order valence-corrected chi connectivity index (χ0v) is 19.4. The van der Waals surface area contributed by atoms with Gasteiger partial charge in [0.05, 0.1) is 5.57 Å². The van der Waals surface area contributed by atoms with Crippen molar-refractivity contribution >= 4 is 16.8 Å². The number of fused-ring (bicyclic) bond motifs is 1. The predicted molar refractivity (Wildman–Crippen MR) is 133 cm³/mol. The van der Waals surface area contributed by atoms with Crippen molar-refractivity contribution < 1.29 is 0 Å². The number of nitriles is 3. The standard InChI is InChI=1S/C29H26N4/c1-5-33-23(15-16-29(2,3)4)17-25(24-13-9-10-14-27(24)33)26(20-32)28(22(18-30)19-31)21-11-7-6-8-12-21/h6-17H,5H2,1-4H3/b16-15+,26-25+. The topological polar surface area (TPSA) is 74.6 Å². The molecule has 33 heavy (non-hydrogen) atoms. The molecule has 0 spiro atoms. The highest BCUT2D eigenvalue weighted by Crippen LogP contribution is 2.41. The maximum Gasteiger partial charge on any atom is 0.138 e. The van der Waals surface area contributed by atoms with E-state index in [1.807, 2.05) is 72.8 Å². The smallest absolute Gasteiger partial charge is 0.138 e. The van der Waals surface area contributed by atoms with E-state index in [4.69, 9.17) is 0 Å². The maximum atomic E-state index is 10.3. The number of benzene rings is 2. The first-order chi connectivity index (χ1) is 15.8. The highest BCUT2D eigenvalue weighted by Gasteiger charge is 2.26. The molecule has 2 aromatic carbocycles. The van der Waals surface area contributed by atoms with Gasteiger partial charge in [-0.05, 0) is 36.1 Å². The van der Waals surface area contributed by atoms with E-state index in [2.05, 4.69) is 50.8 Å². The van der Waals surface area contributed by atoms with Gasteiger partial charge in [0, 0.05) is 34.6 Å². The number of para-hydroxylation sites is 1. The minimum atomic E-state index is -0.0826. The second kappa shape index (κ2) is 9.86. The lowest BCUT2D eigenvalue weighted by atomic mass is 9.85. The van der Waals surface area contributed by atoms with E-state index in [1.165, 1.54) is 0 Å². The minimum absolute atomic E-state index is 0.0109. The summed E-state index contributed by atoms with van der Waals surface area (Å²) < 4.78 is 0. The molecule has 4 heteroatoms. The van der Waals surface area contributed by atoms with Crippen LogP contribution in [0.5, 0.6) is 0 Å². The number of rotatable bonds is 4. The van der Waals surface area contributed by atoms with Gasteiger partial charge in [-0.2, -0.15) is 15.8 Å². The van der Waals surface area contributed by atoms with Gasteiger partial charge in [-0.25, -0.2) is 0 Å². The molecule has 0 fully saturated rings. The van der Waals surface area contributed by atoms with Crippen LogP contribution in [0, 0.1) is 39.4 Å². The molecular formula is C29H26N4. The number of likely N-dealkylation sites (N-methyl/N-ethyl adjacent to an activating group) is 1. The number of nitrogens with zero attached hydrogens (tertiary/aromatic N) is 4. The molecule has 0 atom stereocenters. The van der Waals surface area contributed by atoms with Crippen LogP contribution in [0.4, 0.5) is 5.69 Å². The van der Waals surface area contributed by atoms with Gasteiger partial charge in [0.25, 0.3) is 0 Å². The average Bonchev–Trinajstić information content (AvgIpc) is 2.82. The molecule has 0 amide bonds. The van der Waals surface area contributed by atoms with Crippen LogP contribution in [-0.2, 0) is 0 Å². The monoisotopic (exact) mass is 430 g/mol. The fraction of sp³-hybridized carbons (Fsp3) is 0.207. The summed E-state index contributed by atoms with van der Waals surface area (Å²) in [6, 6.07) is 23.4. The van der Waals surface area contributed by atoms with Gasteiger partial charge in [-0.15, -0.1) is 0 Å². The number of anilines is 1. The Morgan fingerprint density at radius 1 is 0.909 bits per heavy atom. The van der Waals surface area contributed by atoms with Gasteiger partial charge in [0.1, 0.15) is 23.8 Å². The third-order valence-electron chi connectivity index (χ3n) is 5.33. The van der Waals surface area contributed by atoms with Crippen LogP contribution < -0.4 is 4.90 Å². The summed E-state index contributed by atoms with van der Waals surface area (Å²) in [7, 11) is 0. The van der Waals surface area contributed by atoms with Crippen LogP contribution in [0.15, 0.2) is 89.7 Å². The maximum absolute atomic E-state index is 10.3. The first-order valence-electron chi connectivity index (χ1n) is 10.9. The Kier molecular flexibility index (Phi) is 6.97. The molecule has 0 radical (unpaired) electrons. The quantitative estimate of drug-likeness (QED) is 0.500. The summed E-state index contributed by atoms with van der Waals surface area (Å²) in [6.07, 6.45) is 6.21. The van der Waals surface area contributed by atoms with Crippen molar-refractivity contribution in [3.05, 3.63) is 101 Å². The van der Waals surface area contributed by atoms with Crippen molar-refractivity contribution in [2.24, 2.45) is 5.41 Å². The van der Waals surface area contributed by atoms with E-state index in [9.17, 15) is 15.8 Å². The average molecular weight is 431 g/mol. The SMILES string of the molecule is CCN1C(/C=C/C(C)(C)C)=CC(=C(/C#N)C(=C(C#N)C#N)c2ccccc2)/c2ccccc21. The lowest BCUT2D eigenvalue weighted by Crippen LogP contribution is -2.25. The summed E-state index contributed by atoms with van der Waals surface area (Å²) in [5.74, 6) is 0. The normalized spacial score (nSPS) is 14.5. The molecule has 0 N–H and O–H groups in total. The molecule has 2 aromatic rings. The van der Waals surface area contributed by atoms with Crippen LogP contribution in [-0.4, -0.2) is 6.54 Å². The number of allylic oxidation sites excluding steroid dienone is 7. The lowest BCUT2D eigenvalue weighted by molar-refractivity contribution is 0.543. The molecule has 0 aromatic heterocycles.